The Morgan fingerprint density at radius 2 is 2.22 bits per heavy atom. The Labute approximate surface area is 132 Å². The average molecular weight is 311 g/mol. The smallest absolute Gasteiger partial charge is 0.341 e. The second kappa shape index (κ2) is 5.49. The summed E-state index contributed by atoms with van der Waals surface area (Å²) in [6, 6.07) is 4.05. The van der Waals surface area contributed by atoms with E-state index in [0.717, 1.165) is 17.0 Å². The van der Waals surface area contributed by atoms with Crippen molar-refractivity contribution in [3.05, 3.63) is 47.7 Å². The fraction of sp³-hybridized carbons (Fsp3) is 0.375. The molecule has 7 heteroatoms. The number of rotatable bonds is 5. The summed E-state index contributed by atoms with van der Waals surface area (Å²) in [5, 5.41) is 8.79. The maximum atomic E-state index is 11.7. The molecule has 0 radical (unpaired) electrons. The van der Waals surface area contributed by atoms with E-state index in [0.29, 0.717) is 24.6 Å². The lowest BCUT2D eigenvalue weighted by Crippen LogP contribution is -2.04. The molecule has 1 aliphatic carbocycles. The summed E-state index contributed by atoms with van der Waals surface area (Å²) in [6.45, 7) is 2.62. The molecule has 0 spiro atoms. The molecule has 118 valence electrons. The number of nitrogens with zero attached hydrogens (tertiary/aromatic N) is 5. The third-order valence-corrected chi connectivity index (χ3v) is 3.85. The van der Waals surface area contributed by atoms with Gasteiger partial charge in [0.1, 0.15) is 0 Å². The van der Waals surface area contributed by atoms with Gasteiger partial charge in [-0.15, -0.1) is 0 Å². The third kappa shape index (κ3) is 2.81. The summed E-state index contributed by atoms with van der Waals surface area (Å²) in [6.07, 6.45) is 7.54. The number of aromatic nitrogens is 5. The molecular weight excluding hydrogens is 294 g/mol. The van der Waals surface area contributed by atoms with Crippen LogP contribution in [-0.2, 0) is 11.3 Å². The Bertz CT molecular complexity index is 862. The maximum absolute atomic E-state index is 11.7. The fourth-order valence-electron chi connectivity index (χ4n) is 2.55. The van der Waals surface area contributed by atoms with Gasteiger partial charge in [-0.05, 0) is 31.9 Å². The van der Waals surface area contributed by atoms with E-state index < -0.39 is 0 Å². The molecule has 1 fully saturated rings. The van der Waals surface area contributed by atoms with Crippen LogP contribution >= 0.6 is 0 Å². The molecule has 23 heavy (non-hydrogen) atoms. The molecule has 0 aliphatic heterocycles. The Hall–Kier alpha value is -2.70. The first-order valence-corrected chi connectivity index (χ1v) is 7.77. The normalized spacial score (nSPS) is 14.3. The summed E-state index contributed by atoms with van der Waals surface area (Å²) in [5.74, 6) is 0.257. The average Bonchev–Trinajstić information content (AvgIpc) is 3.15. The first kappa shape index (κ1) is 13.9. The molecule has 3 heterocycles. The van der Waals surface area contributed by atoms with Gasteiger partial charge in [-0.3, -0.25) is 4.68 Å². The number of hydrogen-bond acceptors (Lipinski definition) is 5. The first-order valence-electron chi connectivity index (χ1n) is 7.77. The molecule has 0 amide bonds. The van der Waals surface area contributed by atoms with Gasteiger partial charge in [0.15, 0.2) is 5.65 Å². The monoisotopic (exact) mass is 311 g/mol. The van der Waals surface area contributed by atoms with Gasteiger partial charge in [-0.1, -0.05) is 0 Å². The van der Waals surface area contributed by atoms with Crippen molar-refractivity contribution in [1.82, 2.24) is 24.4 Å². The van der Waals surface area contributed by atoms with E-state index in [2.05, 4.69) is 21.2 Å². The van der Waals surface area contributed by atoms with Gasteiger partial charge in [0.05, 0.1) is 42.5 Å². The van der Waals surface area contributed by atoms with Gasteiger partial charge in [0.25, 0.3) is 0 Å². The number of esters is 1. The van der Waals surface area contributed by atoms with Crippen LogP contribution in [-0.4, -0.2) is 37.0 Å². The van der Waals surface area contributed by atoms with Crippen LogP contribution in [0.3, 0.4) is 0 Å². The van der Waals surface area contributed by atoms with Gasteiger partial charge < -0.3 is 4.74 Å². The van der Waals surface area contributed by atoms with E-state index in [1.165, 1.54) is 19.0 Å². The highest BCUT2D eigenvalue weighted by atomic mass is 16.5. The summed E-state index contributed by atoms with van der Waals surface area (Å²) >= 11 is 0. The lowest BCUT2D eigenvalue weighted by molar-refractivity contribution is 0.0526. The van der Waals surface area contributed by atoms with E-state index in [9.17, 15) is 4.79 Å². The van der Waals surface area contributed by atoms with Crippen molar-refractivity contribution < 1.29 is 9.53 Å². The minimum absolute atomic E-state index is 0.353. The SMILES string of the molecule is CCOC(=O)c1cnn(Cc2cn3nc(C4CC4)ccc3n2)c1. The van der Waals surface area contributed by atoms with Crippen molar-refractivity contribution in [2.75, 3.05) is 6.61 Å². The maximum Gasteiger partial charge on any atom is 0.341 e. The minimum atomic E-state index is -0.357. The predicted octanol–water partition coefficient (Wildman–Crippen LogP) is 2.03. The van der Waals surface area contributed by atoms with Crippen molar-refractivity contribution in [2.45, 2.75) is 32.2 Å². The molecule has 0 atom stereocenters. The highest BCUT2D eigenvalue weighted by Gasteiger charge is 2.25. The van der Waals surface area contributed by atoms with Gasteiger partial charge >= 0.3 is 5.97 Å². The highest BCUT2D eigenvalue weighted by Crippen LogP contribution is 2.38. The van der Waals surface area contributed by atoms with Crippen LogP contribution < -0.4 is 0 Å². The molecule has 0 N–H and O–H groups in total. The van der Waals surface area contributed by atoms with Crippen molar-refractivity contribution in [3.63, 3.8) is 0 Å². The summed E-state index contributed by atoms with van der Waals surface area (Å²) < 4.78 is 8.45. The summed E-state index contributed by atoms with van der Waals surface area (Å²) in [4.78, 5) is 16.2. The van der Waals surface area contributed by atoms with Crippen LogP contribution in [0.2, 0.25) is 0 Å². The molecule has 1 aliphatic rings. The molecule has 0 saturated heterocycles. The molecule has 4 rings (SSSR count). The summed E-state index contributed by atoms with van der Waals surface area (Å²) in [5.41, 5.74) is 3.25. The molecule has 3 aromatic heterocycles. The number of fused-ring (bicyclic) bond motifs is 1. The number of carbonyl (C=O) groups excluding carboxylic acids is 1. The van der Waals surface area contributed by atoms with E-state index in [4.69, 9.17) is 4.74 Å². The molecule has 0 bridgehead atoms. The Balaban J connectivity index is 1.54. The highest BCUT2D eigenvalue weighted by molar-refractivity contribution is 5.88. The van der Waals surface area contributed by atoms with Gasteiger partial charge in [-0.2, -0.15) is 10.2 Å². The second-order valence-corrected chi connectivity index (χ2v) is 5.71. The zero-order valence-electron chi connectivity index (χ0n) is 12.8. The van der Waals surface area contributed by atoms with Gasteiger partial charge in [0, 0.05) is 12.1 Å². The fourth-order valence-corrected chi connectivity index (χ4v) is 2.55. The van der Waals surface area contributed by atoms with Crippen LogP contribution in [0.25, 0.3) is 5.65 Å². The second-order valence-electron chi connectivity index (χ2n) is 5.71. The molecule has 7 nitrogen and oxygen atoms in total. The van der Waals surface area contributed by atoms with Crippen LogP contribution in [0.5, 0.6) is 0 Å². The zero-order chi connectivity index (χ0) is 15.8. The topological polar surface area (TPSA) is 74.3 Å². The molecule has 1 saturated carbocycles. The van der Waals surface area contributed by atoms with Crippen molar-refractivity contribution in [3.8, 4) is 0 Å². The molecular formula is C16H17N5O2. The number of imidazole rings is 1. The zero-order valence-corrected chi connectivity index (χ0v) is 12.8. The molecule has 3 aromatic rings. The van der Waals surface area contributed by atoms with Gasteiger partial charge in [-0.25, -0.2) is 14.3 Å². The minimum Gasteiger partial charge on any atom is -0.462 e. The van der Waals surface area contributed by atoms with Crippen LogP contribution in [0, 0.1) is 0 Å². The van der Waals surface area contributed by atoms with E-state index >= 15 is 0 Å². The van der Waals surface area contributed by atoms with Crippen molar-refractivity contribution in [1.29, 1.82) is 0 Å². The van der Waals surface area contributed by atoms with Crippen LogP contribution in [0.1, 0.15) is 47.4 Å². The lowest BCUT2D eigenvalue weighted by atomic mass is 10.3. The Kier molecular flexibility index (Phi) is 3.33. The Morgan fingerprint density at radius 3 is 3.00 bits per heavy atom. The molecule has 0 unspecified atom stereocenters. The van der Waals surface area contributed by atoms with E-state index in [1.54, 1.807) is 17.8 Å². The van der Waals surface area contributed by atoms with Crippen LogP contribution in [0.15, 0.2) is 30.7 Å². The third-order valence-electron chi connectivity index (χ3n) is 3.85. The number of hydrogen-bond donors (Lipinski definition) is 0. The standard InChI is InChI=1S/C16H17N5O2/c1-2-23-16(22)12-7-17-20(8-12)9-13-10-21-15(18-13)6-5-14(19-21)11-3-4-11/h5-8,10-11H,2-4,9H2,1H3. The largest absolute Gasteiger partial charge is 0.462 e. The van der Waals surface area contributed by atoms with Crippen molar-refractivity contribution in [2.24, 2.45) is 0 Å². The van der Waals surface area contributed by atoms with E-state index in [-0.39, 0.29) is 5.97 Å². The summed E-state index contributed by atoms with van der Waals surface area (Å²) in [7, 11) is 0. The quantitative estimate of drug-likeness (QED) is 0.674. The lowest BCUT2D eigenvalue weighted by Gasteiger charge is -1.97. The number of carbonyl (C=O) groups is 1. The predicted molar refractivity (Wildman–Crippen MR) is 82.2 cm³/mol. The van der Waals surface area contributed by atoms with Gasteiger partial charge in [0.2, 0.25) is 0 Å². The number of ether oxygens (including phenoxy) is 1. The van der Waals surface area contributed by atoms with Crippen molar-refractivity contribution >= 4 is 11.6 Å². The van der Waals surface area contributed by atoms with E-state index in [1.807, 2.05) is 16.8 Å². The first-order chi connectivity index (χ1) is 11.2. The Morgan fingerprint density at radius 1 is 1.35 bits per heavy atom. The molecule has 0 aromatic carbocycles. The van der Waals surface area contributed by atoms with Crippen LogP contribution in [0.4, 0.5) is 0 Å².